The predicted octanol–water partition coefficient (Wildman–Crippen LogP) is 0.236. The van der Waals surface area contributed by atoms with E-state index in [4.69, 9.17) is 4.74 Å². The maximum absolute atomic E-state index is 11.7. The number of carbonyl (C=O) groups is 1. The van der Waals surface area contributed by atoms with Gasteiger partial charge < -0.3 is 15.0 Å². The van der Waals surface area contributed by atoms with Crippen molar-refractivity contribution in [1.82, 2.24) is 20.0 Å². The number of nitrogens with zero attached hydrogens (tertiary/aromatic N) is 4. The third kappa shape index (κ3) is 3.53. The summed E-state index contributed by atoms with van der Waals surface area (Å²) in [7, 11) is 5.08. The highest BCUT2D eigenvalue weighted by molar-refractivity contribution is 5.82. The molecule has 2 rings (SSSR count). The Morgan fingerprint density at radius 3 is 2.90 bits per heavy atom. The maximum atomic E-state index is 11.7. The summed E-state index contributed by atoms with van der Waals surface area (Å²) >= 11 is 0. The summed E-state index contributed by atoms with van der Waals surface area (Å²) < 4.78 is 6.63. The van der Waals surface area contributed by atoms with Gasteiger partial charge in [-0.05, 0) is 5.92 Å². The van der Waals surface area contributed by atoms with Gasteiger partial charge in [-0.15, -0.1) is 0 Å². The van der Waals surface area contributed by atoms with Crippen molar-refractivity contribution in [2.24, 2.45) is 23.9 Å². The Hall–Kier alpha value is -2.05. The van der Waals surface area contributed by atoms with Crippen LogP contribution in [0.3, 0.4) is 0 Å². The van der Waals surface area contributed by atoms with Crippen LogP contribution in [0.1, 0.15) is 12.5 Å². The third-order valence-corrected chi connectivity index (χ3v) is 3.84. The molecule has 1 aromatic heterocycles. The standard InChI is InChI=1S/C14H23N5O2/c1-10-7-19(9-12(10)13(20)21-4)14(15-2)16-5-11-6-17-18(3)8-11/h6,8,10,12H,5,7,9H2,1-4H3,(H,15,16). The zero-order chi connectivity index (χ0) is 15.4. The average Bonchev–Trinajstić information content (AvgIpc) is 3.05. The van der Waals surface area contributed by atoms with Crippen LogP contribution in [0.15, 0.2) is 17.4 Å². The van der Waals surface area contributed by atoms with Crippen LogP contribution in [-0.2, 0) is 23.1 Å². The van der Waals surface area contributed by atoms with Crippen LogP contribution in [0.2, 0.25) is 0 Å². The zero-order valence-electron chi connectivity index (χ0n) is 13.0. The summed E-state index contributed by atoms with van der Waals surface area (Å²) in [5.41, 5.74) is 1.09. The second-order valence-electron chi connectivity index (χ2n) is 5.43. The second kappa shape index (κ2) is 6.60. The number of hydrogen-bond donors (Lipinski definition) is 1. The monoisotopic (exact) mass is 293 g/mol. The Morgan fingerprint density at radius 1 is 1.57 bits per heavy atom. The fourth-order valence-electron chi connectivity index (χ4n) is 2.67. The van der Waals surface area contributed by atoms with E-state index < -0.39 is 0 Å². The van der Waals surface area contributed by atoms with Crippen LogP contribution in [0, 0.1) is 11.8 Å². The number of guanidine groups is 1. The van der Waals surface area contributed by atoms with Crippen LogP contribution in [0.5, 0.6) is 0 Å². The first-order valence-corrected chi connectivity index (χ1v) is 7.06. The number of likely N-dealkylation sites (tertiary alicyclic amines) is 1. The summed E-state index contributed by atoms with van der Waals surface area (Å²) in [5, 5.41) is 7.45. The number of ether oxygens (including phenoxy) is 1. The molecular formula is C14H23N5O2. The van der Waals surface area contributed by atoms with Gasteiger partial charge in [-0.3, -0.25) is 14.5 Å². The van der Waals surface area contributed by atoms with Crippen molar-refractivity contribution in [3.05, 3.63) is 18.0 Å². The van der Waals surface area contributed by atoms with E-state index in [0.29, 0.717) is 13.1 Å². The summed E-state index contributed by atoms with van der Waals surface area (Å²) in [6.07, 6.45) is 3.79. The van der Waals surface area contributed by atoms with Crippen LogP contribution >= 0.6 is 0 Å². The van der Waals surface area contributed by atoms with Crippen LogP contribution in [-0.4, -0.2) is 53.9 Å². The van der Waals surface area contributed by atoms with Crippen LogP contribution in [0.4, 0.5) is 0 Å². The number of aryl methyl sites for hydroxylation is 1. The highest BCUT2D eigenvalue weighted by Crippen LogP contribution is 2.24. The summed E-state index contributed by atoms with van der Waals surface area (Å²) in [5.74, 6) is 0.825. The van der Waals surface area contributed by atoms with E-state index in [-0.39, 0.29) is 17.8 Å². The Bertz CT molecular complexity index is 525. The highest BCUT2D eigenvalue weighted by Gasteiger charge is 2.36. The Balaban J connectivity index is 1.94. The van der Waals surface area contributed by atoms with Gasteiger partial charge in [-0.25, -0.2) is 0 Å². The molecule has 1 fully saturated rings. The number of rotatable bonds is 3. The van der Waals surface area contributed by atoms with Crippen molar-refractivity contribution < 1.29 is 9.53 Å². The number of carbonyl (C=O) groups excluding carboxylic acids is 1. The molecule has 1 aromatic rings. The lowest BCUT2D eigenvalue weighted by Crippen LogP contribution is -2.40. The molecular weight excluding hydrogens is 270 g/mol. The van der Waals surface area contributed by atoms with Gasteiger partial charge in [0.05, 0.1) is 19.2 Å². The molecule has 2 unspecified atom stereocenters. The second-order valence-corrected chi connectivity index (χ2v) is 5.43. The molecule has 2 heterocycles. The molecule has 21 heavy (non-hydrogen) atoms. The molecule has 1 aliphatic heterocycles. The minimum Gasteiger partial charge on any atom is -0.469 e. The highest BCUT2D eigenvalue weighted by atomic mass is 16.5. The zero-order valence-corrected chi connectivity index (χ0v) is 13.0. The lowest BCUT2D eigenvalue weighted by molar-refractivity contribution is -0.145. The Morgan fingerprint density at radius 2 is 2.33 bits per heavy atom. The molecule has 2 atom stereocenters. The minimum atomic E-state index is -0.146. The number of aliphatic imine (C=N–C) groups is 1. The number of hydrogen-bond acceptors (Lipinski definition) is 4. The molecule has 1 saturated heterocycles. The van der Waals surface area contributed by atoms with E-state index in [1.54, 1.807) is 11.7 Å². The SMILES string of the molecule is CN=C(NCc1cnn(C)c1)N1CC(C)C(C(=O)OC)C1. The maximum Gasteiger partial charge on any atom is 0.310 e. The molecule has 7 heteroatoms. The van der Waals surface area contributed by atoms with Crippen LogP contribution in [0.25, 0.3) is 0 Å². The molecule has 1 aliphatic rings. The molecule has 0 saturated carbocycles. The first-order chi connectivity index (χ1) is 10.0. The van der Waals surface area contributed by atoms with E-state index in [2.05, 4.69) is 27.2 Å². The van der Waals surface area contributed by atoms with Gasteiger partial charge in [-0.1, -0.05) is 6.92 Å². The van der Waals surface area contributed by atoms with Crippen molar-refractivity contribution in [1.29, 1.82) is 0 Å². The van der Waals surface area contributed by atoms with Crippen molar-refractivity contribution in [2.75, 3.05) is 27.2 Å². The molecule has 0 radical (unpaired) electrons. The topological polar surface area (TPSA) is 71.8 Å². The lowest BCUT2D eigenvalue weighted by atomic mass is 9.99. The number of aromatic nitrogens is 2. The quantitative estimate of drug-likeness (QED) is 0.491. The minimum absolute atomic E-state index is 0.0908. The third-order valence-electron chi connectivity index (χ3n) is 3.84. The molecule has 7 nitrogen and oxygen atoms in total. The smallest absolute Gasteiger partial charge is 0.310 e. The van der Waals surface area contributed by atoms with Gasteiger partial charge in [-0.2, -0.15) is 5.10 Å². The number of methoxy groups -OCH3 is 1. The van der Waals surface area contributed by atoms with Crippen molar-refractivity contribution in [2.45, 2.75) is 13.5 Å². The average molecular weight is 293 g/mol. The van der Waals surface area contributed by atoms with Crippen molar-refractivity contribution >= 4 is 11.9 Å². The van der Waals surface area contributed by atoms with Crippen molar-refractivity contribution in [3.8, 4) is 0 Å². The van der Waals surface area contributed by atoms with E-state index in [0.717, 1.165) is 18.1 Å². The molecule has 0 aliphatic carbocycles. The normalized spacial score (nSPS) is 22.5. The first kappa shape index (κ1) is 15.3. The number of esters is 1. The summed E-state index contributed by atoms with van der Waals surface area (Å²) in [6.45, 7) is 4.16. The summed E-state index contributed by atoms with van der Waals surface area (Å²) in [4.78, 5) is 18.1. The largest absolute Gasteiger partial charge is 0.469 e. The summed E-state index contributed by atoms with van der Waals surface area (Å²) in [6, 6.07) is 0. The predicted molar refractivity (Wildman–Crippen MR) is 79.6 cm³/mol. The molecule has 116 valence electrons. The molecule has 1 N–H and O–H groups in total. The fourth-order valence-corrected chi connectivity index (χ4v) is 2.67. The first-order valence-electron chi connectivity index (χ1n) is 7.06. The lowest BCUT2D eigenvalue weighted by Gasteiger charge is -2.21. The molecule has 0 amide bonds. The Kier molecular flexibility index (Phi) is 4.82. The molecule has 0 spiro atoms. The van der Waals surface area contributed by atoms with E-state index in [9.17, 15) is 4.79 Å². The van der Waals surface area contributed by atoms with Gasteiger partial charge in [0.15, 0.2) is 5.96 Å². The molecule has 0 aromatic carbocycles. The van der Waals surface area contributed by atoms with E-state index in [1.807, 2.05) is 19.4 Å². The van der Waals surface area contributed by atoms with Gasteiger partial charge in [0.1, 0.15) is 0 Å². The van der Waals surface area contributed by atoms with Gasteiger partial charge in [0.2, 0.25) is 0 Å². The van der Waals surface area contributed by atoms with E-state index >= 15 is 0 Å². The molecule has 0 bridgehead atoms. The van der Waals surface area contributed by atoms with Crippen molar-refractivity contribution in [3.63, 3.8) is 0 Å². The fraction of sp³-hybridized carbons (Fsp3) is 0.643. The van der Waals surface area contributed by atoms with Gasteiger partial charge in [0, 0.05) is 45.5 Å². The van der Waals surface area contributed by atoms with Gasteiger partial charge in [0.25, 0.3) is 0 Å². The number of nitrogens with one attached hydrogen (secondary N) is 1. The van der Waals surface area contributed by atoms with Gasteiger partial charge >= 0.3 is 5.97 Å². The van der Waals surface area contributed by atoms with E-state index in [1.165, 1.54) is 7.11 Å². The Labute approximate surface area is 125 Å². The van der Waals surface area contributed by atoms with Crippen LogP contribution < -0.4 is 5.32 Å².